The van der Waals surface area contributed by atoms with Crippen molar-refractivity contribution in [3.63, 3.8) is 0 Å². The number of aromatic nitrogens is 2. The van der Waals surface area contributed by atoms with Crippen LogP contribution >= 0.6 is 0 Å². The monoisotopic (exact) mass is 216 g/mol. The number of amides is 1. The van der Waals surface area contributed by atoms with Crippen LogP contribution in [0.2, 0.25) is 0 Å². The van der Waals surface area contributed by atoms with E-state index in [0.29, 0.717) is 16.9 Å². The lowest BCUT2D eigenvalue weighted by atomic mass is 10.2. The Hall–Kier alpha value is -2.30. The van der Waals surface area contributed by atoms with E-state index in [9.17, 15) is 4.79 Å². The third kappa shape index (κ3) is 2.20. The van der Waals surface area contributed by atoms with Crippen LogP contribution in [-0.2, 0) is 7.05 Å². The molecule has 0 bridgehead atoms. The van der Waals surface area contributed by atoms with Crippen molar-refractivity contribution >= 4 is 17.3 Å². The fourth-order valence-electron chi connectivity index (χ4n) is 1.32. The van der Waals surface area contributed by atoms with Crippen molar-refractivity contribution in [2.24, 2.45) is 7.05 Å². The molecule has 0 spiro atoms. The number of benzene rings is 1. The molecule has 0 aliphatic heterocycles. The van der Waals surface area contributed by atoms with Gasteiger partial charge < -0.3 is 11.1 Å². The summed E-state index contributed by atoms with van der Waals surface area (Å²) >= 11 is 0. The minimum Gasteiger partial charge on any atom is -0.399 e. The first-order chi connectivity index (χ1) is 7.65. The normalized spacial score (nSPS) is 10.1. The van der Waals surface area contributed by atoms with Crippen LogP contribution in [0.5, 0.6) is 0 Å². The molecular weight excluding hydrogens is 204 g/mol. The molecule has 5 heteroatoms. The van der Waals surface area contributed by atoms with Crippen molar-refractivity contribution in [2.75, 3.05) is 11.1 Å². The predicted octanol–water partition coefficient (Wildman–Crippen LogP) is 1.25. The van der Waals surface area contributed by atoms with Crippen LogP contribution in [-0.4, -0.2) is 15.7 Å². The molecule has 0 fully saturated rings. The van der Waals surface area contributed by atoms with Crippen molar-refractivity contribution < 1.29 is 4.79 Å². The van der Waals surface area contributed by atoms with Crippen LogP contribution in [0.3, 0.4) is 0 Å². The van der Waals surface area contributed by atoms with Gasteiger partial charge in [-0.1, -0.05) is 0 Å². The minimum atomic E-state index is -0.173. The van der Waals surface area contributed by atoms with Gasteiger partial charge >= 0.3 is 0 Å². The number of carbonyl (C=O) groups excluding carboxylic acids is 1. The molecule has 0 aliphatic carbocycles. The number of nitrogens with zero attached hydrogens (tertiary/aromatic N) is 2. The number of nitrogen functional groups attached to an aromatic ring is 1. The van der Waals surface area contributed by atoms with Crippen molar-refractivity contribution in [3.8, 4) is 0 Å². The SMILES string of the molecule is Cn1cc(NC(=O)c2ccc(N)cc2)cn1. The van der Waals surface area contributed by atoms with Crippen LogP contribution in [0, 0.1) is 0 Å². The van der Waals surface area contributed by atoms with Gasteiger partial charge in [0.25, 0.3) is 5.91 Å². The van der Waals surface area contributed by atoms with Gasteiger partial charge in [-0.25, -0.2) is 0 Å². The molecule has 0 saturated heterocycles. The summed E-state index contributed by atoms with van der Waals surface area (Å²) in [5.74, 6) is -0.173. The molecule has 0 saturated carbocycles. The van der Waals surface area contributed by atoms with Crippen LogP contribution < -0.4 is 11.1 Å². The van der Waals surface area contributed by atoms with Gasteiger partial charge in [0.2, 0.25) is 0 Å². The Morgan fingerprint density at radius 2 is 2.06 bits per heavy atom. The Balaban J connectivity index is 2.11. The molecule has 1 heterocycles. The van der Waals surface area contributed by atoms with Crippen LogP contribution in [0.25, 0.3) is 0 Å². The summed E-state index contributed by atoms with van der Waals surface area (Å²) in [6, 6.07) is 6.75. The third-order valence-corrected chi connectivity index (χ3v) is 2.14. The molecule has 2 rings (SSSR count). The summed E-state index contributed by atoms with van der Waals surface area (Å²) in [4.78, 5) is 11.7. The number of rotatable bonds is 2. The standard InChI is InChI=1S/C11H12N4O/c1-15-7-10(6-13-15)14-11(16)8-2-4-9(12)5-3-8/h2-7H,12H2,1H3,(H,14,16). The van der Waals surface area contributed by atoms with Gasteiger partial charge in [-0.2, -0.15) is 5.10 Å². The van der Waals surface area contributed by atoms with Crippen molar-refractivity contribution in [1.29, 1.82) is 0 Å². The second-order valence-corrected chi connectivity index (χ2v) is 3.48. The van der Waals surface area contributed by atoms with E-state index < -0.39 is 0 Å². The number of aryl methyl sites for hydroxylation is 1. The lowest BCUT2D eigenvalue weighted by Crippen LogP contribution is -2.11. The summed E-state index contributed by atoms with van der Waals surface area (Å²) in [5.41, 5.74) is 7.41. The number of nitrogens with one attached hydrogen (secondary N) is 1. The van der Waals surface area contributed by atoms with E-state index in [1.165, 1.54) is 0 Å². The molecular formula is C11H12N4O. The molecule has 1 amide bonds. The van der Waals surface area contributed by atoms with Crippen molar-refractivity contribution in [2.45, 2.75) is 0 Å². The second-order valence-electron chi connectivity index (χ2n) is 3.48. The first kappa shape index (κ1) is 10.2. The van der Waals surface area contributed by atoms with E-state index in [-0.39, 0.29) is 5.91 Å². The minimum absolute atomic E-state index is 0.173. The number of hydrogen-bond donors (Lipinski definition) is 2. The van der Waals surface area contributed by atoms with E-state index in [4.69, 9.17) is 5.73 Å². The van der Waals surface area contributed by atoms with Gasteiger partial charge in [0.1, 0.15) is 0 Å². The van der Waals surface area contributed by atoms with Gasteiger partial charge in [0, 0.05) is 24.5 Å². The molecule has 1 aromatic carbocycles. The zero-order valence-electron chi connectivity index (χ0n) is 8.84. The highest BCUT2D eigenvalue weighted by molar-refractivity contribution is 6.04. The fourth-order valence-corrected chi connectivity index (χ4v) is 1.32. The maximum atomic E-state index is 11.7. The van der Waals surface area contributed by atoms with Crippen LogP contribution in [0.1, 0.15) is 10.4 Å². The topological polar surface area (TPSA) is 72.9 Å². The molecule has 3 N–H and O–H groups in total. The maximum Gasteiger partial charge on any atom is 0.255 e. The molecule has 0 aliphatic rings. The maximum absolute atomic E-state index is 11.7. The molecule has 0 atom stereocenters. The van der Waals surface area contributed by atoms with E-state index in [1.807, 2.05) is 0 Å². The Bertz CT molecular complexity index is 501. The Kier molecular flexibility index (Phi) is 2.59. The highest BCUT2D eigenvalue weighted by Crippen LogP contribution is 2.09. The predicted molar refractivity (Wildman–Crippen MR) is 62.0 cm³/mol. The Morgan fingerprint density at radius 1 is 1.38 bits per heavy atom. The average Bonchev–Trinajstić information content (AvgIpc) is 2.65. The van der Waals surface area contributed by atoms with Gasteiger partial charge in [0.15, 0.2) is 0 Å². The lowest BCUT2D eigenvalue weighted by molar-refractivity contribution is 0.102. The molecule has 0 unspecified atom stereocenters. The van der Waals surface area contributed by atoms with E-state index >= 15 is 0 Å². The van der Waals surface area contributed by atoms with E-state index in [0.717, 1.165) is 0 Å². The van der Waals surface area contributed by atoms with Crippen LogP contribution in [0.4, 0.5) is 11.4 Å². The Morgan fingerprint density at radius 3 is 2.62 bits per heavy atom. The smallest absolute Gasteiger partial charge is 0.255 e. The summed E-state index contributed by atoms with van der Waals surface area (Å²) in [5, 5.41) is 6.69. The van der Waals surface area contributed by atoms with E-state index in [2.05, 4.69) is 10.4 Å². The number of anilines is 2. The highest BCUT2D eigenvalue weighted by Gasteiger charge is 2.06. The Labute approximate surface area is 92.9 Å². The van der Waals surface area contributed by atoms with Gasteiger partial charge in [-0.15, -0.1) is 0 Å². The summed E-state index contributed by atoms with van der Waals surface area (Å²) in [6.45, 7) is 0. The third-order valence-electron chi connectivity index (χ3n) is 2.14. The highest BCUT2D eigenvalue weighted by atomic mass is 16.1. The molecule has 82 valence electrons. The summed E-state index contributed by atoms with van der Waals surface area (Å²) in [6.07, 6.45) is 3.32. The molecule has 0 radical (unpaired) electrons. The number of hydrogen-bond acceptors (Lipinski definition) is 3. The average molecular weight is 216 g/mol. The first-order valence-corrected chi connectivity index (χ1v) is 4.81. The molecule has 1 aromatic heterocycles. The first-order valence-electron chi connectivity index (χ1n) is 4.81. The second kappa shape index (κ2) is 4.06. The summed E-state index contributed by atoms with van der Waals surface area (Å²) in [7, 11) is 1.79. The molecule has 5 nitrogen and oxygen atoms in total. The largest absolute Gasteiger partial charge is 0.399 e. The van der Waals surface area contributed by atoms with Gasteiger partial charge in [-0.3, -0.25) is 9.48 Å². The summed E-state index contributed by atoms with van der Waals surface area (Å²) < 4.78 is 1.62. The zero-order valence-corrected chi connectivity index (χ0v) is 8.84. The molecule has 2 aromatic rings. The lowest BCUT2D eigenvalue weighted by Gasteiger charge is -2.02. The van der Waals surface area contributed by atoms with Crippen LogP contribution in [0.15, 0.2) is 36.7 Å². The van der Waals surface area contributed by atoms with Crippen molar-refractivity contribution in [1.82, 2.24) is 9.78 Å². The fraction of sp³-hybridized carbons (Fsp3) is 0.0909. The zero-order chi connectivity index (χ0) is 11.5. The quantitative estimate of drug-likeness (QED) is 0.742. The molecule has 16 heavy (non-hydrogen) atoms. The number of carbonyl (C=O) groups is 1. The van der Waals surface area contributed by atoms with Gasteiger partial charge in [-0.05, 0) is 24.3 Å². The van der Waals surface area contributed by atoms with Gasteiger partial charge in [0.05, 0.1) is 11.9 Å². The van der Waals surface area contributed by atoms with Crippen molar-refractivity contribution in [3.05, 3.63) is 42.2 Å². The van der Waals surface area contributed by atoms with E-state index in [1.54, 1.807) is 48.4 Å². The number of nitrogens with two attached hydrogens (primary N) is 1.